The number of aldehydes is 1. The monoisotopic (exact) mass is 374 g/mol. The Bertz CT molecular complexity index is 270. The molecule has 1 rings (SSSR count). The van der Waals surface area contributed by atoms with Crippen LogP contribution in [0.3, 0.4) is 0 Å². The van der Waals surface area contributed by atoms with Crippen LogP contribution in [0, 0.1) is 6.92 Å². The van der Waals surface area contributed by atoms with Crippen molar-refractivity contribution in [1.82, 2.24) is 9.97 Å². The third-order valence-corrected chi connectivity index (χ3v) is 1.95. The maximum atomic E-state index is 10.3. The molecule has 1 aromatic heterocycles. The van der Waals surface area contributed by atoms with Crippen molar-refractivity contribution in [2.45, 2.75) is 11.8 Å². The summed E-state index contributed by atoms with van der Waals surface area (Å²) in [6, 6.07) is 0. The van der Waals surface area contributed by atoms with Gasteiger partial charge in [-0.25, -0.2) is 0 Å². The molecule has 0 aliphatic heterocycles. The fourth-order valence-electron chi connectivity index (χ4n) is 0.754. The van der Waals surface area contributed by atoms with Crippen molar-refractivity contribution >= 4 is 56.2 Å². The van der Waals surface area contributed by atoms with E-state index in [1.165, 1.54) is 0 Å². The minimum Gasteiger partial charge on any atom is -0.302 e. The van der Waals surface area contributed by atoms with Gasteiger partial charge in [-0.1, -0.05) is 15.9 Å². The molecule has 0 N–H and O–H groups in total. The Kier molecular flexibility index (Phi) is 9.13. The van der Waals surface area contributed by atoms with Crippen molar-refractivity contribution in [3.63, 3.8) is 0 Å². The van der Waals surface area contributed by atoms with Crippen molar-refractivity contribution in [3.05, 3.63) is 23.8 Å². The molecule has 0 aromatic carbocycles. The molecule has 1 unspecified atom stereocenters. The number of nitrogens with zero attached hydrogens (tertiary/aromatic N) is 2. The Hall–Kier alpha value is 0.190. The van der Waals surface area contributed by atoms with Crippen molar-refractivity contribution in [2.24, 2.45) is 0 Å². The van der Waals surface area contributed by atoms with Crippen LogP contribution in [0.4, 0.5) is 0 Å². The molecule has 0 bridgehead atoms. The molecule has 13 heavy (non-hydrogen) atoms. The first-order chi connectivity index (χ1) is 5.25. The van der Waals surface area contributed by atoms with E-state index >= 15 is 0 Å². The first kappa shape index (κ1) is 15.7. The summed E-state index contributed by atoms with van der Waals surface area (Å²) >= 11 is 3.17. The number of aromatic nitrogens is 2. The molecule has 0 aliphatic carbocycles. The molecule has 6 heteroatoms. The van der Waals surface area contributed by atoms with E-state index in [0.29, 0.717) is 5.69 Å². The molecule has 0 saturated carbocycles. The van der Waals surface area contributed by atoms with Crippen LogP contribution in [0.5, 0.6) is 0 Å². The van der Waals surface area contributed by atoms with Gasteiger partial charge in [0.1, 0.15) is 11.1 Å². The highest BCUT2D eigenvalue weighted by Gasteiger charge is 2.09. The van der Waals surface area contributed by atoms with Crippen molar-refractivity contribution in [2.75, 3.05) is 0 Å². The maximum absolute atomic E-state index is 10.3. The van der Waals surface area contributed by atoms with Gasteiger partial charge < -0.3 is 4.79 Å². The largest absolute Gasteiger partial charge is 0.302 e. The van der Waals surface area contributed by atoms with Crippen molar-refractivity contribution in [1.29, 1.82) is 0 Å². The zero-order chi connectivity index (χ0) is 8.27. The first-order valence-electron chi connectivity index (χ1n) is 3.12. The molecule has 74 valence electrons. The third kappa shape index (κ3) is 4.28. The lowest BCUT2D eigenvalue weighted by Gasteiger charge is -2.02. The molecule has 1 aromatic rings. The second kappa shape index (κ2) is 7.58. The van der Waals surface area contributed by atoms with Gasteiger partial charge in [-0.15, -0.1) is 34.0 Å². The van der Waals surface area contributed by atoms with E-state index in [1.54, 1.807) is 12.4 Å². The van der Waals surface area contributed by atoms with Crippen LogP contribution in [-0.4, -0.2) is 16.3 Å². The predicted molar refractivity (Wildman–Crippen MR) is 65.1 cm³/mol. The third-order valence-electron chi connectivity index (χ3n) is 1.30. The van der Waals surface area contributed by atoms with Crippen LogP contribution in [0.2, 0.25) is 0 Å². The molecule has 3 nitrogen and oxygen atoms in total. The fraction of sp³-hybridized carbons (Fsp3) is 0.286. The van der Waals surface area contributed by atoms with Crippen LogP contribution in [0.25, 0.3) is 0 Å². The topological polar surface area (TPSA) is 42.9 Å². The predicted octanol–water partition coefficient (Wildman–Crippen LogP) is 2.58. The molecule has 0 aliphatic rings. The van der Waals surface area contributed by atoms with Gasteiger partial charge in [0.25, 0.3) is 0 Å². The molecule has 1 atom stereocenters. The number of aryl methyl sites for hydroxylation is 1. The highest BCUT2D eigenvalue weighted by molar-refractivity contribution is 9.09. The summed E-state index contributed by atoms with van der Waals surface area (Å²) in [7, 11) is 0. The molecule has 0 fully saturated rings. The summed E-state index contributed by atoms with van der Waals surface area (Å²) in [6.07, 6.45) is 3.96. The smallest absolute Gasteiger partial charge is 0.139 e. The fourth-order valence-corrected chi connectivity index (χ4v) is 1.20. The van der Waals surface area contributed by atoms with Gasteiger partial charge >= 0.3 is 0 Å². The van der Waals surface area contributed by atoms with Gasteiger partial charge in [-0.3, -0.25) is 9.97 Å². The van der Waals surface area contributed by atoms with Crippen LogP contribution in [0.1, 0.15) is 16.2 Å². The van der Waals surface area contributed by atoms with Gasteiger partial charge in [-0.05, 0) is 6.92 Å². The summed E-state index contributed by atoms with van der Waals surface area (Å²) in [4.78, 5) is 18.0. The van der Waals surface area contributed by atoms with Gasteiger partial charge in [0.15, 0.2) is 0 Å². The SMILES string of the molecule is Br.Br.Cc1nccnc1C(Br)C=O. The number of hydrogen-bond acceptors (Lipinski definition) is 3. The highest BCUT2D eigenvalue weighted by atomic mass is 79.9. The summed E-state index contributed by atoms with van der Waals surface area (Å²) < 4.78 is 0. The summed E-state index contributed by atoms with van der Waals surface area (Å²) in [5, 5.41) is 0. The molecule has 0 saturated heterocycles. The maximum Gasteiger partial charge on any atom is 0.139 e. The first-order valence-corrected chi connectivity index (χ1v) is 4.04. The highest BCUT2D eigenvalue weighted by Crippen LogP contribution is 2.18. The Labute approximate surface area is 106 Å². The number of carbonyl (C=O) groups is 1. The van der Waals surface area contributed by atoms with Gasteiger partial charge in [0.05, 0.1) is 11.4 Å². The minimum absolute atomic E-state index is 0. The van der Waals surface area contributed by atoms with Crippen molar-refractivity contribution < 1.29 is 4.79 Å². The van der Waals surface area contributed by atoms with Gasteiger partial charge in [0, 0.05) is 12.4 Å². The molecule has 0 spiro atoms. The quantitative estimate of drug-likeness (QED) is 0.588. The zero-order valence-corrected chi connectivity index (χ0v) is 11.8. The van der Waals surface area contributed by atoms with Crippen LogP contribution in [0.15, 0.2) is 12.4 Å². The number of hydrogen-bond donors (Lipinski definition) is 0. The Morgan fingerprint density at radius 2 is 1.92 bits per heavy atom. The van der Waals surface area contributed by atoms with E-state index in [-0.39, 0.29) is 38.8 Å². The van der Waals surface area contributed by atoms with Crippen LogP contribution in [-0.2, 0) is 4.79 Å². The number of carbonyl (C=O) groups excluding carboxylic acids is 1. The van der Waals surface area contributed by atoms with E-state index in [1.807, 2.05) is 6.92 Å². The van der Waals surface area contributed by atoms with Crippen LogP contribution < -0.4 is 0 Å². The van der Waals surface area contributed by atoms with E-state index in [0.717, 1.165) is 12.0 Å². The molecular weight excluding hydrogens is 368 g/mol. The Morgan fingerprint density at radius 1 is 1.38 bits per heavy atom. The summed E-state index contributed by atoms with van der Waals surface area (Å²) in [5.41, 5.74) is 1.46. The van der Waals surface area contributed by atoms with E-state index < -0.39 is 0 Å². The normalized spacial score (nSPS) is 10.6. The number of rotatable bonds is 2. The van der Waals surface area contributed by atoms with Gasteiger partial charge in [0.2, 0.25) is 0 Å². The van der Waals surface area contributed by atoms with E-state index in [9.17, 15) is 4.79 Å². The zero-order valence-electron chi connectivity index (χ0n) is 6.81. The summed E-state index contributed by atoms with van der Waals surface area (Å²) in [6.45, 7) is 1.82. The minimum atomic E-state index is -0.337. The average Bonchev–Trinajstić information content (AvgIpc) is 2.04. The molecule has 1 heterocycles. The molecule has 0 amide bonds. The average molecular weight is 377 g/mol. The van der Waals surface area contributed by atoms with Gasteiger partial charge in [-0.2, -0.15) is 0 Å². The lowest BCUT2D eigenvalue weighted by Crippen LogP contribution is -1.99. The second-order valence-corrected chi connectivity index (χ2v) is 3.05. The lowest BCUT2D eigenvalue weighted by molar-refractivity contribution is -0.107. The second-order valence-electron chi connectivity index (χ2n) is 2.06. The Balaban J connectivity index is 0. The molecule has 0 radical (unpaired) electrons. The summed E-state index contributed by atoms with van der Waals surface area (Å²) in [5.74, 6) is 0. The lowest BCUT2D eigenvalue weighted by atomic mass is 10.2. The standard InChI is InChI=1S/C7H7BrN2O.2BrH/c1-5-7(6(8)4-11)10-3-2-9-5;;/h2-4,6H,1H3;2*1H. The number of halogens is 3. The van der Waals surface area contributed by atoms with Crippen LogP contribution >= 0.6 is 49.9 Å². The molecular formula is C7H9Br3N2O. The Morgan fingerprint density at radius 3 is 2.38 bits per heavy atom. The number of alkyl halides is 1. The van der Waals surface area contributed by atoms with Crippen molar-refractivity contribution in [3.8, 4) is 0 Å². The van der Waals surface area contributed by atoms with E-state index in [2.05, 4.69) is 25.9 Å². The van der Waals surface area contributed by atoms with E-state index in [4.69, 9.17) is 0 Å².